The number of ether oxygens (including phenoxy) is 2. The van der Waals surface area contributed by atoms with Gasteiger partial charge in [-0.25, -0.2) is 0 Å². The van der Waals surface area contributed by atoms with Crippen LogP contribution in [0.15, 0.2) is 0 Å². The van der Waals surface area contributed by atoms with Gasteiger partial charge in [0.15, 0.2) is 0 Å². The van der Waals surface area contributed by atoms with Crippen LogP contribution in [-0.4, -0.2) is 73.3 Å². The van der Waals surface area contributed by atoms with Crippen molar-refractivity contribution in [3.05, 3.63) is 0 Å². The first-order valence-corrected chi connectivity index (χ1v) is 8.57. The van der Waals surface area contributed by atoms with Crippen molar-refractivity contribution >= 4 is 5.91 Å². The molecule has 0 aromatic rings. The summed E-state index contributed by atoms with van der Waals surface area (Å²) < 4.78 is 11.5. The zero-order valence-electron chi connectivity index (χ0n) is 12.7. The first-order valence-electron chi connectivity index (χ1n) is 8.57. The van der Waals surface area contributed by atoms with Crippen LogP contribution in [0.1, 0.15) is 32.1 Å². The third-order valence-corrected chi connectivity index (χ3v) is 5.45. The molecule has 0 radical (unpaired) electrons. The zero-order chi connectivity index (χ0) is 14.2. The Hall–Kier alpha value is -0.650. The number of morpholine rings is 1. The number of likely N-dealkylation sites (tertiary alicyclic amines) is 1. The van der Waals surface area contributed by atoms with Crippen LogP contribution >= 0.6 is 0 Å². The molecule has 4 aliphatic rings. The van der Waals surface area contributed by atoms with Crippen molar-refractivity contribution in [1.82, 2.24) is 9.80 Å². The van der Waals surface area contributed by atoms with Gasteiger partial charge < -0.3 is 14.4 Å². The quantitative estimate of drug-likeness (QED) is 0.775. The second-order valence-corrected chi connectivity index (χ2v) is 6.97. The Morgan fingerprint density at radius 1 is 1.00 bits per heavy atom. The van der Waals surface area contributed by atoms with E-state index in [1.54, 1.807) is 0 Å². The molecule has 1 aliphatic carbocycles. The van der Waals surface area contributed by atoms with Crippen LogP contribution in [-0.2, 0) is 14.3 Å². The first kappa shape index (κ1) is 14.0. The molecule has 0 unspecified atom stereocenters. The minimum absolute atomic E-state index is 0.192. The van der Waals surface area contributed by atoms with Gasteiger partial charge in [0, 0.05) is 32.2 Å². The maximum absolute atomic E-state index is 12.5. The highest BCUT2D eigenvalue weighted by Crippen LogP contribution is 2.36. The van der Waals surface area contributed by atoms with E-state index in [4.69, 9.17) is 9.47 Å². The summed E-state index contributed by atoms with van der Waals surface area (Å²) in [7, 11) is 0. The van der Waals surface area contributed by atoms with Gasteiger partial charge in [-0.1, -0.05) is 0 Å². The molecule has 0 aromatic carbocycles. The Kier molecular flexibility index (Phi) is 3.90. The van der Waals surface area contributed by atoms with Crippen molar-refractivity contribution in [3.63, 3.8) is 0 Å². The minimum Gasteiger partial charge on any atom is -0.378 e. The summed E-state index contributed by atoms with van der Waals surface area (Å²) in [5.41, 5.74) is 0. The van der Waals surface area contributed by atoms with Gasteiger partial charge in [0.2, 0.25) is 0 Å². The van der Waals surface area contributed by atoms with Crippen molar-refractivity contribution in [2.45, 2.75) is 50.4 Å². The Labute approximate surface area is 126 Å². The lowest BCUT2D eigenvalue weighted by molar-refractivity contribution is -0.158. The topological polar surface area (TPSA) is 42.0 Å². The highest BCUT2D eigenvalue weighted by Gasteiger charge is 2.43. The van der Waals surface area contributed by atoms with Crippen LogP contribution in [0, 0.1) is 5.92 Å². The van der Waals surface area contributed by atoms with E-state index < -0.39 is 0 Å². The standard InChI is InChI=1S/C16H26N2O3/c19-16(17-7-9-20-10-8-17)15-4-3-13-14(21-15)5-6-18(13)11-12-1-2-12/h12-15H,1-11H2/t13-,14-,15-/m1/s1. The van der Waals surface area contributed by atoms with Gasteiger partial charge in [-0.3, -0.25) is 9.69 Å². The number of hydrogen-bond acceptors (Lipinski definition) is 4. The molecular weight excluding hydrogens is 268 g/mol. The highest BCUT2D eigenvalue weighted by atomic mass is 16.5. The second-order valence-electron chi connectivity index (χ2n) is 6.97. The van der Waals surface area contributed by atoms with Crippen molar-refractivity contribution in [3.8, 4) is 0 Å². The number of nitrogens with zero attached hydrogens (tertiary/aromatic N) is 2. The van der Waals surface area contributed by atoms with Gasteiger partial charge in [0.1, 0.15) is 6.10 Å². The summed E-state index contributed by atoms with van der Waals surface area (Å²) >= 11 is 0. The number of carbonyl (C=O) groups excluding carboxylic acids is 1. The van der Waals surface area contributed by atoms with Crippen LogP contribution in [0.4, 0.5) is 0 Å². The predicted octanol–water partition coefficient (Wildman–Crippen LogP) is 0.877. The summed E-state index contributed by atoms with van der Waals surface area (Å²) in [5, 5.41) is 0. The van der Waals surface area contributed by atoms with Gasteiger partial charge in [0.05, 0.1) is 19.3 Å². The molecule has 3 saturated heterocycles. The van der Waals surface area contributed by atoms with Gasteiger partial charge in [-0.05, 0) is 38.0 Å². The number of hydrogen-bond donors (Lipinski definition) is 0. The molecule has 0 spiro atoms. The van der Waals surface area contributed by atoms with Crippen molar-refractivity contribution in [1.29, 1.82) is 0 Å². The van der Waals surface area contributed by atoms with Gasteiger partial charge in [-0.15, -0.1) is 0 Å². The van der Waals surface area contributed by atoms with E-state index in [1.165, 1.54) is 19.4 Å². The molecule has 0 aromatic heterocycles. The SMILES string of the molecule is O=C([C@H]1CC[C@@H]2[C@@H](CCN2CC2CC2)O1)N1CCOCC1. The molecule has 1 amide bonds. The Balaban J connectivity index is 1.33. The van der Waals surface area contributed by atoms with Crippen LogP contribution in [0.25, 0.3) is 0 Å². The summed E-state index contributed by atoms with van der Waals surface area (Å²) in [6.45, 7) is 5.19. The minimum atomic E-state index is -0.203. The smallest absolute Gasteiger partial charge is 0.251 e. The van der Waals surface area contributed by atoms with Crippen LogP contribution in [0.2, 0.25) is 0 Å². The molecule has 3 heterocycles. The van der Waals surface area contributed by atoms with E-state index in [0.717, 1.165) is 44.8 Å². The Morgan fingerprint density at radius 2 is 1.81 bits per heavy atom. The summed E-state index contributed by atoms with van der Waals surface area (Å²) in [4.78, 5) is 17.1. The lowest BCUT2D eigenvalue weighted by Gasteiger charge is -2.38. The van der Waals surface area contributed by atoms with E-state index in [2.05, 4.69) is 4.90 Å². The molecule has 0 N–H and O–H groups in total. The van der Waals surface area contributed by atoms with Crippen molar-refractivity contribution in [2.75, 3.05) is 39.4 Å². The molecule has 5 nitrogen and oxygen atoms in total. The second kappa shape index (κ2) is 5.86. The molecule has 118 valence electrons. The normalized spacial score (nSPS) is 37.5. The number of carbonyl (C=O) groups is 1. The van der Waals surface area contributed by atoms with Gasteiger partial charge >= 0.3 is 0 Å². The van der Waals surface area contributed by atoms with Crippen LogP contribution in [0.3, 0.4) is 0 Å². The number of fused-ring (bicyclic) bond motifs is 1. The first-order chi connectivity index (χ1) is 10.3. The van der Waals surface area contributed by atoms with E-state index in [9.17, 15) is 4.79 Å². The Morgan fingerprint density at radius 3 is 2.57 bits per heavy atom. The van der Waals surface area contributed by atoms with Gasteiger partial charge in [-0.2, -0.15) is 0 Å². The molecule has 5 heteroatoms. The summed E-state index contributed by atoms with van der Waals surface area (Å²) in [6, 6.07) is 0.569. The Bertz CT molecular complexity index is 393. The maximum atomic E-state index is 12.5. The van der Waals surface area contributed by atoms with Crippen LogP contribution < -0.4 is 0 Å². The van der Waals surface area contributed by atoms with E-state index >= 15 is 0 Å². The molecule has 21 heavy (non-hydrogen) atoms. The molecular formula is C16H26N2O3. The number of amides is 1. The predicted molar refractivity (Wildman–Crippen MR) is 78.0 cm³/mol. The van der Waals surface area contributed by atoms with E-state index in [-0.39, 0.29) is 18.1 Å². The molecule has 1 saturated carbocycles. The average molecular weight is 294 g/mol. The maximum Gasteiger partial charge on any atom is 0.251 e. The number of rotatable bonds is 3. The zero-order valence-corrected chi connectivity index (χ0v) is 12.7. The largest absolute Gasteiger partial charge is 0.378 e. The fourth-order valence-electron chi connectivity index (χ4n) is 4.04. The van der Waals surface area contributed by atoms with Gasteiger partial charge in [0.25, 0.3) is 5.91 Å². The lowest BCUT2D eigenvalue weighted by Crippen LogP contribution is -2.51. The fraction of sp³-hybridized carbons (Fsp3) is 0.938. The molecule has 4 rings (SSSR count). The van der Waals surface area contributed by atoms with E-state index in [1.807, 2.05) is 4.90 Å². The third kappa shape index (κ3) is 2.96. The van der Waals surface area contributed by atoms with Crippen molar-refractivity contribution < 1.29 is 14.3 Å². The monoisotopic (exact) mass is 294 g/mol. The fourth-order valence-corrected chi connectivity index (χ4v) is 4.04. The summed E-state index contributed by atoms with van der Waals surface area (Å²) in [5.74, 6) is 1.13. The molecule has 4 fully saturated rings. The summed E-state index contributed by atoms with van der Waals surface area (Å²) in [6.07, 6.45) is 6.01. The molecule has 3 aliphatic heterocycles. The van der Waals surface area contributed by atoms with E-state index in [0.29, 0.717) is 19.3 Å². The highest BCUT2D eigenvalue weighted by molar-refractivity contribution is 5.81. The third-order valence-electron chi connectivity index (χ3n) is 5.45. The average Bonchev–Trinajstić information content (AvgIpc) is 3.27. The van der Waals surface area contributed by atoms with Crippen LogP contribution in [0.5, 0.6) is 0 Å². The molecule has 0 bridgehead atoms. The lowest BCUT2D eigenvalue weighted by atomic mass is 9.98. The van der Waals surface area contributed by atoms with Crippen molar-refractivity contribution in [2.24, 2.45) is 5.92 Å². The molecule has 3 atom stereocenters.